The maximum Gasteiger partial charge on any atom is 0.308 e. The molecule has 1 N–H and O–H groups in total. The van der Waals surface area contributed by atoms with Crippen LogP contribution in [-0.4, -0.2) is 43.1 Å². The van der Waals surface area contributed by atoms with Crippen molar-refractivity contribution in [3.05, 3.63) is 30.0 Å². The van der Waals surface area contributed by atoms with Gasteiger partial charge in [-0.1, -0.05) is 6.07 Å². The monoisotopic (exact) mass is 388 g/mol. The molecule has 1 aromatic carbocycles. The summed E-state index contributed by atoms with van der Waals surface area (Å²) in [7, 11) is 6.51. The Labute approximate surface area is 136 Å². The number of esters is 1. The minimum absolute atomic E-state index is 0. The summed E-state index contributed by atoms with van der Waals surface area (Å²) in [6, 6.07) is 5.73. The molecule has 4 nitrogen and oxygen atoms in total. The van der Waals surface area contributed by atoms with Crippen LogP contribution in [0.1, 0.15) is 12.5 Å². The van der Waals surface area contributed by atoms with E-state index in [1.54, 1.807) is 0 Å². The number of ether oxygens (including phenoxy) is 1. The second-order valence-electron chi connectivity index (χ2n) is 5.85. The molecule has 0 saturated carbocycles. The normalized spacial score (nSPS) is 11.2. The van der Waals surface area contributed by atoms with Crippen LogP contribution in [0.5, 0.6) is 5.75 Å². The number of aromatic amines is 1. The van der Waals surface area contributed by atoms with E-state index >= 15 is 0 Å². The predicted molar refractivity (Wildman–Crippen MR) is 76.2 cm³/mol. The van der Waals surface area contributed by atoms with E-state index in [1.807, 2.05) is 24.4 Å². The Morgan fingerprint density at radius 2 is 2.00 bits per heavy atom. The van der Waals surface area contributed by atoms with Gasteiger partial charge in [-0.15, -0.1) is 0 Å². The third-order valence-corrected chi connectivity index (χ3v) is 3.05. The largest absolute Gasteiger partial charge is 1.00 e. The zero-order valence-corrected chi connectivity index (χ0v) is 14.5. The number of halogens is 1. The third kappa shape index (κ3) is 4.21. The van der Waals surface area contributed by atoms with Crippen LogP contribution in [0.15, 0.2) is 24.4 Å². The third-order valence-electron chi connectivity index (χ3n) is 3.05. The highest BCUT2D eigenvalue weighted by Crippen LogP contribution is 2.29. The summed E-state index contributed by atoms with van der Waals surface area (Å²) in [6.45, 7) is 2.46. The van der Waals surface area contributed by atoms with Crippen molar-refractivity contribution in [3.63, 3.8) is 0 Å². The first-order valence-electron chi connectivity index (χ1n) is 6.45. The molecule has 20 heavy (non-hydrogen) atoms. The Morgan fingerprint density at radius 3 is 2.60 bits per heavy atom. The summed E-state index contributed by atoms with van der Waals surface area (Å²) in [5.74, 6) is 0.355. The SMILES string of the molecule is CC(=O)Oc1cccc2[nH]cc(CC[N+](C)(C)C)c12.[I-]. The molecule has 0 saturated heterocycles. The molecule has 0 unspecified atom stereocenters. The Hall–Kier alpha value is -1.08. The van der Waals surface area contributed by atoms with Crippen LogP contribution in [-0.2, 0) is 11.2 Å². The van der Waals surface area contributed by atoms with Crippen molar-refractivity contribution in [3.8, 4) is 5.75 Å². The average Bonchev–Trinajstić information content (AvgIpc) is 2.69. The number of carbonyl (C=O) groups excluding carboxylic acids is 1. The van der Waals surface area contributed by atoms with Crippen molar-refractivity contribution in [1.82, 2.24) is 4.98 Å². The van der Waals surface area contributed by atoms with E-state index in [-0.39, 0.29) is 29.9 Å². The maximum atomic E-state index is 11.2. The Balaban J connectivity index is 0.00000200. The fourth-order valence-corrected chi connectivity index (χ4v) is 2.11. The highest BCUT2D eigenvalue weighted by atomic mass is 127. The number of fused-ring (bicyclic) bond motifs is 1. The molecule has 0 fully saturated rings. The fraction of sp³-hybridized carbons (Fsp3) is 0.400. The molecule has 5 heteroatoms. The molecule has 2 aromatic rings. The molecule has 1 heterocycles. The summed E-state index contributed by atoms with van der Waals surface area (Å²) in [4.78, 5) is 14.4. The number of carbonyl (C=O) groups is 1. The van der Waals surface area contributed by atoms with E-state index in [0.29, 0.717) is 5.75 Å². The number of hydrogen-bond donors (Lipinski definition) is 1. The van der Waals surface area contributed by atoms with Gasteiger partial charge in [0.05, 0.1) is 27.7 Å². The second kappa shape index (κ2) is 6.58. The second-order valence-corrected chi connectivity index (χ2v) is 5.85. The highest BCUT2D eigenvalue weighted by molar-refractivity contribution is 5.91. The number of hydrogen-bond acceptors (Lipinski definition) is 2. The van der Waals surface area contributed by atoms with Crippen LogP contribution in [0.25, 0.3) is 10.9 Å². The summed E-state index contributed by atoms with van der Waals surface area (Å²) >= 11 is 0. The van der Waals surface area contributed by atoms with Gasteiger partial charge >= 0.3 is 5.97 Å². The molecule has 0 spiro atoms. The molecule has 0 aliphatic carbocycles. The number of H-pyrrole nitrogens is 1. The van der Waals surface area contributed by atoms with Gasteiger partial charge in [0.25, 0.3) is 0 Å². The van der Waals surface area contributed by atoms with E-state index in [1.165, 1.54) is 12.5 Å². The standard InChI is InChI=1S/C15H21N2O2.HI/c1-11(18)19-14-7-5-6-13-15(14)12(10-16-13)8-9-17(2,3)4;/h5-7,10,16H,8-9H2,1-4H3;1H/q+1;/p-1. The number of quaternary nitrogens is 1. The minimum Gasteiger partial charge on any atom is -1.00 e. The van der Waals surface area contributed by atoms with Gasteiger partial charge in [0.2, 0.25) is 0 Å². The van der Waals surface area contributed by atoms with Crippen LogP contribution < -0.4 is 28.7 Å². The van der Waals surface area contributed by atoms with E-state index in [4.69, 9.17) is 4.74 Å². The van der Waals surface area contributed by atoms with Crippen molar-refractivity contribution in [2.45, 2.75) is 13.3 Å². The zero-order chi connectivity index (χ0) is 14.0. The molecule has 1 aromatic heterocycles. The van der Waals surface area contributed by atoms with Crippen molar-refractivity contribution in [2.24, 2.45) is 0 Å². The van der Waals surface area contributed by atoms with Crippen LogP contribution in [0.3, 0.4) is 0 Å². The fourth-order valence-electron chi connectivity index (χ4n) is 2.11. The quantitative estimate of drug-likeness (QED) is 0.327. The van der Waals surface area contributed by atoms with Crippen LogP contribution in [0.2, 0.25) is 0 Å². The number of nitrogens with one attached hydrogen (secondary N) is 1. The number of benzene rings is 1. The molecule has 0 aliphatic heterocycles. The summed E-state index contributed by atoms with van der Waals surface area (Å²) in [6.07, 6.45) is 2.95. The first kappa shape index (κ1) is 17.0. The Bertz CT molecular complexity index is 599. The number of rotatable bonds is 4. The van der Waals surface area contributed by atoms with Gasteiger partial charge in [0.15, 0.2) is 0 Å². The molecular formula is C15H21IN2O2. The van der Waals surface area contributed by atoms with Gasteiger partial charge in [0, 0.05) is 30.4 Å². The lowest BCUT2D eigenvalue weighted by Crippen LogP contribution is -3.00. The van der Waals surface area contributed by atoms with Crippen molar-refractivity contribution in [1.29, 1.82) is 0 Å². The Kier molecular flexibility index (Phi) is 5.59. The van der Waals surface area contributed by atoms with Gasteiger partial charge in [0.1, 0.15) is 5.75 Å². The molecule has 110 valence electrons. The minimum atomic E-state index is -0.286. The van der Waals surface area contributed by atoms with E-state index in [9.17, 15) is 4.79 Å². The molecule has 0 atom stereocenters. The van der Waals surface area contributed by atoms with Crippen LogP contribution in [0, 0.1) is 0 Å². The summed E-state index contributed by atoms with van der Waals surface area (Å²) < 4.78 is 6.20. The molecule has 2 rings (SSSR count). The molecular weight excluding hydrogens is 367 g/mol. The van der Waals surface area contributed by atoms with Gasteiger partial charge in [-0.2, -0.15) is 0 Å². The smallest absolute Gasteiger partial charge is 0.308 e. The van der Waals surface area contributed by atoms with Crippen molar-refractivity contribution < 1.29 is 38.0 Å². The van der Waals surface area contributed by atoms with Crippen LogP contribution >= 0.6 is 0 Å². The molecule has 0 bridgehead atoms. The lowest BCUT2D eigenvalue weighted by Gasteiger charge is -2.23. The Morgan fingerprint density at radius 1 is 1.30 bits per heavy atom. The van der Waals surface area contributed by atoms with E-state index in [2.05, 4.69) is 26.1 Å². The number of likely N-dealkylation sites (N-methyl/N-ethyl adjacent to an activating group) is 1. The van der Waals surface area contributed by atoms with Gasteiger partial charge in [-0.05, 0) is 17.7 Å². The van der Waals surface area contributed by atoms with E-state index in [0.717, 1.165) is 28.4 Å². The molecule has 0 aliphatic rings. The van der Waals surface area contributed by atoms with Gasteiger partial charge in [-0.3, -0.25) is 4.79 Å². The molecule has 0 radical (unpaired) electrons. The predicted octanol–water partition coefficient (Wildman–Crippen LogP) is -0.654. The number of aromatic nitrogens is 1. The topological polar surface area (TPSA) is 42.1 Å². The summed E-state index contributed by atoms with van der Waals surface area (Å²) in [5, 5.41) is 1.02. The average molecular weight is 388 g/mol. The van der Waals surface area contributed by atoms with Gasteiger partial charge < -0.3 is 38.2 Å². The molecule has 0 amide bonds. The van der Waals surface area contributed by atoms with Crippen LogP contribution in [0.4, 0.5) is 0 Å². The summed E-state index contributed by atoms with van der Waals surface area (Å²) in [5.41, 5.74) is 2.20. The van der Waals surface area contributed by atoms with Crippen molar-refractivity contribution >= 4 is 16.9 Å². The number of nitrogens with zero attached hydrogens (tertiary/aromatic N) is 1. The zero-order valence-electron chi connectivity index (χ0n) is 12.4. The van der Waals surface area contributed by atoms with E-state index < -0.39 is 0 Å². The van der Waals surface area contributed by atoms with Crippen molar-refractivity contribution in [2.75, 3.05) is 27.7 Å². The maximum absolute atomic E-state index is 11.2. The first-order chi connectivity index (χ1) is 8.87. The first-order valence-corrected chi connectivity index (χ1v) is 6.45. The highest BCUT2D eigenvalue weighted by Gasteiger charge is 2.14. The van der Waals surface area contributed by atoms with Gasteiger partial charge in [-0.25, -0.2) is 0 Å². The lowest BCUT2D eigenvalue weighted by molar-refractivity contribution is -0.870. The lowest BCUT2D eigenvalue weighted by atomic mass is 10.1.